The van der Waals surface area contributed by atoms with Gasteiger partial charge in [0, 0.05) is 5.56 Å². The van der Waals surface area contributed by atoms with Gasteiger partial charge in [0.2, 0.25) is 5.24 Å². The van der Waals surface area contributed by atoms with Crippen LogP contribution in [0.5, 0.6) is 0 Å². The van der Waals surface area contributed by atoms with Crippen LogP contribution in [0.2, 0.25) is 0 Å². The van der Waals surface area contributed by atoms with Crippen molar-refractivity contribution in [3.8, 4) is 0 Å². The van der Waals surface area contributed by atoms with Gasteiger partial charge in [-0.1, -0.05) is 18.2 Å². The highest BCUT2D eigenvalue weighted by Crippen LogP contribution is 2.12. The summed E-state index contributed by atoms with van der Waals surface area (Å²) in [6, 6.07) is 5.13. The Balaban J connectivity index is 2.53. The average Bonchev–Trinajstić information content (AvgIpc) is 2.27. The second kappa shape index (κ2) is 4.40. The number of hydrogen-bond donors (Lipinski definition) is 0. The quantitative estimate of drug-likeness (QED) is 0.749. The summed E-state index contributed by atoms with van der Waals surface area (Å²) in [5.41, 5.74) is 0.459. The van der Waals surface area contributed by atoms with Crippen LogP contribution in [0, 0.1) is 5.92 Å². The predicted molar refractivity (Wildman–Crippen MR) is 63.8 cm³/mol. The summed E-state index contributed by atoms with van der Waals surface area (Å²) in [5.74, 6) is -0.272. The van der Waals surface area contributed by atoms with Gasteiger partial charge in [-0.2, -0.15) is 0 Å². The number of carbonyl (C=O) groups excluding carboxylic acids is 2. The highest BCUT2D eigenvalue weighted by molar-refractivity contribution is 6.67. The van der Waals surface area contributed by atoms with Crippen LogP contribution in [-0.2, 0) is 4.79 Å². The van der Waals surface area contributed by atoms with Crippen molar-refractivity contribution in [1.29, 1.82) is 0 Å². The second-order valence-corrected chi connectivity index (χ2v) is 4.35. The van der Waals surface area contributed by atoms with Crippen molar-refractivity contribution in [2.24, 2.45) is 5.92 Å². The van der Waals surface area contributed by atoms with Crippen LogP contribution in [0.1, 0.15) is 16.8 Å². The summed E-state index contributed by atoms with van der Waals surface area (Å²) in [4.78, 5) is 22.0. The lowest BCUT2D eigenvalue weighted by molar-refractivity contribution is -0.113. The first-order valence-electron chi connectivity index (χ1n) is 4.79. The molecular formula is C12H8Cl2O2. The largest absolute Gasteiger partial charge is 0.281 e. The summed E-state index contributed by atoms with van der Waals surface area (Å²) in [6.07, 6.45) is 4.27. The van der Waals surface area contributed by atoms with E-state index in [1.165, 1.54) is 0 Å². The smallest absolute Gasteiger partial charge is 0.252 e. The van der Waals surface area contributed by atoms with Crippen molar-refractivity contribution in [2.45, 2.75) is 6.42 Å². The average molecular weight is 255 g/mol. The SMILES string of the molecule is O=C(Cl)c1ccc2c(c1)=CCC(C(=O)Cl)C=2. The van der Waals surface area contributed by atoms with Crippen molar-refractivity contribution in [2.75, 3.05) is 0 Å². The van der Waals surface area contributed by atoms with E-state index in [1.54, 1.807) is 18.2 Å². The molecule has 0 fully saturated rings. The molecule has 0 saturated carbocycles. The van der Waals surface area contributed by atoms with Crippen LogP contribution < -0.4 is 10.4 Å². The Bertz CT molecular complexity index is 575. The minimum Gasteiger partial charge on any atom is -0.281 e. The fourth-order valence-corrected chi connectivity index (χ4v) is 1.99. The molecule has 0 aliphatic heterocycles. The molecule has 4 heteroatoms. The highest BCUT2D eigenvalue weighted by atomic mass is 35.5. The van der Waals surface area contributed by atoms with E-state index in [2.05, 4.69) is 0 Å². The van der Waals surface area contributed by atoms with Crippen molar-refractivity contribution in [3.63, 3.8) is 0 Å². The van der Waals surface area contributed by atoms with Gasteiger partial charge in [0.05, 0.1) is 5.92 Å². The van der Waals surface area contributed by atoms with Crippen LogP contribution >= 0.6 is 23.2 Å². The third-order valence-electron chi connectivity index (χ3n) is 2.58. The number of fused-ring (bicyclic) bond motifs is 1. The summed E-state index contributed by atoms with van der Waals surface area (Å²) in [7, 11) is 0. The van der Waals surface area contributed by atoms with E-state index in [0.29, 0.717) is 12.0 Å². The van der Waals surface area contributed by atoms with Gasteiger partial charge in [-0.15, -0.1) is 0 Å². The van der Waals surface area contributed by atoms with Crippen LogP contribution in [0.25, 0.3) is 12.2 Å². The lowest BCUT2D eigenvalue weighted by Gasteiger charge is -2.09. The predicted octanol–water partition coefficient (Wildman–Crippen LogP) is 1.41. The normalized spacial score (nSPS) is 18.0. The van der Waals surface area contributed by atoms with Gasteiger partial charge in [-0.05, 0) is 52.2 Å². The first kappa shape index (κ1) is 11.4. The standard InChI is InChI=1S/C12H8Cl2O2/c13-11(15)9-3-1-7-5-10(12(14)16)4-2-8(7)6-9/h1-3,5-6,10H,4H2. The Morgan fingerprint density at radius 2 is 1.94 bits per heavy atom. The monoisotopic (exact) mass is 254 g/mol. The second-order valence-electron chi connectivity index (χ2n) is 3.63. The molecule has 1 unspecified atom stereocenters. The van der Waals surface area contributed by atoms with E-state index in [9.17, 15) is 9.59 Å². The molecule has 1 aliphatic carbocycles. The van der Waals surface area contributed by atoms with Gasteiger partial charge in [0.25, 0.3) is 5.24 Å². The molecule has 0 amide bonds. The first-order chi connectivity index (χ1) is 7.58. The molecule has 16 heavy (non-hydrogen) atoms. The minimum absolute atomic E-state index is 0.272. The van der Waals surface area contributed by atoms with E-state index in [1.807, 2.05) is 12.2 Å². The zero-order valence-electron chi connectivity index (χ0n) is 8.24. The zero-order valence-corrected chi connectivity index (χ0v) is 9.76. The Morgan fingerprint density at radius 3 is 2.56 bits per heavy atom. The summed E-state index contributed by atoms with van der Waals surface area (Å²) < 4.78 is 0. The molecule has 1 atom stereocenters. The number of carbonyl (C=O) groups is 2. The zero-order chi connectivity index (χ0) is 11.7. The molecule has 0 radical (unpaired) electrons. The van der Waals surface area contributed by atoms with Gasteiger partial charge in [-0.3, -0.25) is 9.59 Å². The van der Waals surface area contributed by atoms with Crippen LogP contribution in [0.15, 0.2) is 18.2 Å². The van der Waals surface area contributed by atoms with Crippen LogP contribution in [0.3, 0.4) is 0 Å². The van der Waals surface area contributed by atoms with Crippen LogP contribution in [-0.4, -0.2) is 10.5 Å². The molecule has 2 nitrogen and oxygen atoms in total. The maximum Gasteiger partial charge on any atom is 0.252 e. The lowest BCUT2D eigenvalue weighted by Crippen LogP contribution is -2.30. The molecule has 0 bridgehead atoms. The summed E-state index contributed by atoms with van der Waals surface area (Å²) in [5, 5.41) is 0.985. The number of hydrogen-bond acceptors (Lipinski definition) is 2. The lowest BCUT2D eigenvalue weighted by atomic mass is 9.97. The van der Waals surface area contributed by atoms with E-state index >= 15 is 0 Å². The molecule has 1 aliphatic rings. The molecule has 2 rings (SSSR count). The molecular weight excluding hydrogens is 247 g/mol. The van der Waals surface area contributed by atoms with Crippen molar-refractivity contribution in [1.82, 2.24) is 0 Å². The maximum atomic E-state index is 11.0. The van der Waals surface area contributed by atoms with E-state index in [4.69, 9.17) is 23.2 Å². The number of benzene rings is 1. The topological polar surface area (TPSA) is 34.1 Å². The molecule has 82 valence electrons. The van der Waals surface area contributed by atoms with Gasteiger partial charge in [-0.25, -0.2) is 0 Å². The molecule has 1 aromatic carbocycles. The van der Waals surface area contributed by atoms with E-state index in [0.717, 1.165) is 10.4 Å². The van der Waals surface area contributed by atoms with Crippen LogP contribution in [0.4, 0.5) is 0 Å². The third-order valence-corrected chi connectivity index (χ3v) is 3.08. The summed E-state index contributed by atoms with van der Waals surface area (Å²) >= 11 is 10.8. The Morgan fingerprint density at radius 1 is 1.19 bits per heavy atom. The molecule has 1 aromatic rings. The fourth-order valence-electron chi connectivity index (χ4n) is 1.72. The van der Waals surface area contributed by atoms with E-state index < -0.39 is 5.24 Å². The Kier molecular flexibility index (Phi) is 3.13. The van der Waals surface area contributed by atoms with Gasteiger partial charge < -0.3 is 0 Å². The fraction of sp³-hybridized carbons (Fsp3) is 0.167. The molecule has 0 spiro atoms. The molecule has 0 N–H and O–H groups in total. The maximum absolute atomic E-state index is 11.0. The molecule has 0 heterocycles. The first-order valence-corrected chi connectivity index (χ1v) is 5.55. The van der Waals surface area contributed by atoms with Crippen molar-refractivity contribution >= 4 is 45.8 Å². The Labute approximate surface area is 102 Å². The van der Waals surface area contributed by atoms with Crippen molar-refractivity contribution < 1.29 is 9.59 Å². The van der Waals surface area contributed by atoms with Gasteiger partial charge in [0.1, 0.15) is 0 Å². The Hall–Kier alpha value is -1.12. The van der Waals surface area contributed by atoms with E-state index in [-0.39, 0.29) is 11.2 Å². The molecule has 0 aromatic heterocycles. The molecule has 0 saturated heterocycles. The number of halogens is 2. The number of rotatable bonds is 2. The third kappa shape index (κ3) is 2.18. The highest BCUT2D eigenvalue weighted by Gasteiger charge is 2.14. The summed E-state index contributed by atoms with van der Waals surface area (Å²) in [6.45, 7) is 0. The van der Waals surface area contributed by atoms with Crippen molar-refractivity contribution in [3.05, 3.63) is 34.2 Å². The minimum atomic E-state index is -0.480. The van der Waals surface area contributed by atoms with Gasteiger partial charge in [0.15, 0.2) is 0 Å². The van der Waals surface area contributed by atoms with Gasteiger partial charge >= 0.3 is 0 Å².